The van der Waals surface area contributed by atoms with E-state index in [4.69, 9.17) is 0 Å². The molecule has 6 heteroatoms. The van der Waals surface area contributed by atoms with Gasteiger partial charge in [0.1, 0.15) is 5.69 Å². The van der Waals surface area contributed by atoms with E-state index < -0.39 is 4.92 Å². The fourth-order valence-corrected chi connectivity index (χ4v) is 2.63. The lowest BCUT2D eigenvalue weighted by Crippen LogP contribution is -2.28. The van der Waals surface area contributed by atoms with Crippen molar-refractivity contribution in [1.82, 2.24) is 4.90 Å². The van der Waals surface area contributed by atoms with Crippen LogP contribution >= 0.6 is 0 Å². The maximum Gasteiger partial charge on any atom is 0.293 e. The quantitative estimate of drug-likeness (QED) is 0.683. The number of amides is 1. The number of carbonyl (C=O) groups is 1. The van der Waals surface area contributed by atoms with Gasteiger partial charge in [-0.3, -0.25) is 14.9 Å². The topological polar surface area (TPSA) is 75.5 Å². The lowest BCUT2D eigenvalue weighted by Gasteiger charge is -2.16. The van der Waals surface area contributed by atoms with Crippen LogP contribution in [0.25, 0.3) is 0 Å². The molecule has 0 bridgehead atoms. The van der Waals surface area contributed by atoms with Crippen LogP contribution in [0.15, 0.2) is 18.2 Å². The third-order valence-electron chi connectivity index (χ3n) is 4.08. The number of carbonyl (C=O) groups excluding carboxylic acids is 1. The minimum Gasteiger partial charge on any atom is -0.380 e. The summed E-state index contributed by atoms with van der Waals surface area (Å²) in [5.74, 6) is 0.798. The molecule has 1 aromatic rings. The smallest absolute Gasteiger partial charge is 0.293 e. The highest BCUT2D eigenvalue weighted by Gasteiger charge is 2.30. The number of nitrogens with one attached hydrogen (secondary N) is 1. The molecule has 0 radical (unpaired) electrons. The molecule has 1 fully saturated rings. The zero-order chi connectivity index (χ0) is 15.6. The Morgan fingerprint density at radius 3 is 2.52 bits per heavy atom. The minimum absolute atomic E-state index is 0.0528. The van der Waals surface area contributed by atoms with Gasteiger partial charge in [-0.15, -0.1) is 0 Å². The highest BCUT2D eigenvalue weighted by molar-refractivity contribution is 5.96. The van der Waals surface area contributed by atoms with Crippen molar-refractivity contribution >= 4 is 17.3 Å². The van der Waals surface area contributed by atoms with Crippen LogP contribution in [0.1, 0.15) is 31.1 Å². The summed E-state index contributed by atoms with van der Waals surface area (Å²) in [6.45, 7) is 8.12. The van der Waals surface area contributed by atoms with E-state index >= 15 is 0 Å². The van der Waals surface area contributed by atoms with Crippen molar-refractivity contribution in [3.05, 3.63) is 33.9 Å². The fraction of sp³-hybridized carbons (Fsp3) is 0.533. The van der Waals surface area contributed by atoms with Crippen LogP contribution in [-0.4, -0.2) is 35.4 Å². The van der Waals surface area contributed by atoms with Crippen LogP contribution in [0.5, 0.6) is 0 Å². The van der Waals surface area contributed by atoms with Gasteiger partial charge >= 0.3 is 0 Å². The van der Waals surface area contributed by atoms with Gasteiger partial charge in [0.15, 0.2) is 0 Å². The monoisotopic (exact) mass is 291 g/mol. The third kappa shape index (κ3) is 3.15. The van der Waals surface area contributed by atoms with Crippen LogP contribution in [0.3, 0.4) is 0 Å². The van der Waals surface area contributed by atoms with Gasteiger partial charge in [-0.1, -0.05) is 13.8 Å². The molecule has 1 aromatic carbocycles. The number of hydrogen-bond acceptors (Lipinski definition) is 4. The lowest BCUT2D eigenvalue weighted by atomic mass is 10.0. The van der Waals surface area contributed by atoms with Crippen molar-refractivity contribution < 1.29 is 9.72 Å². The Balaban J connectivity index is 2.26. The molecule has 2 rings (SSSR count). The Bertz CT molecular complexity index is 549. The molecule has 0 spiro atoms. The summed E-state index contributed by atoms with van der Waals surface area (Å²) in [5, 5.41) is 14.1. The van der Waals surface area contributed by atoms with Crippen molar-refractivity contribution in [2.45, 2.75) is 20.8 Å². The Hall–Kier alpha value is -2.11. The molecule has 1 heterocycles. The lowest BCUT2D eigenvalue weighted by molar-refractivity contribution is -0.384. The number of rotatable bonds is 4. The normalized spacial score (nSPS) is 21.4. The maximum atomic E-state index is 12.5. The highest BCUT2D eigenvalue weighted by atomic mass is 16.6. The van der Waals surface area contributed by atoms with Crippen LogP contribution < -0.4 is 5.32 Å². The van der Waals surface area contributed by atoms with Crippen molar-refractivity contribution in [1.29, 1.82) is 0 Å². The largest absolute Gasteiger partial charge is 0.380 e. The average Bonchev–Trinajstić information content (AvgIpc) is 2.78. The second-order valence-corrected chi connectivity index (χ2v) is 5.68. The van der Waals surface area contributed by atoms with Crippen LogP contribution in [-0.2, 0) is 0 Å². The summed E-state index contributed by atoms with van der Waals surface area (Å²) >= 11 is 0. The molecule has 0 saturated carbocycles. The number of anilines is 1. The fourth-order valence-electron chi connectivity index (χ4n) is 2.63. The standard InChI is InChI=1S/C15H21N3O3/c1-4-16-13-6-5-12(7-14(13)18(20)21)15(19)17-8-10(2)11(3)9-17/h5-7,10-11,16H,4,8-9H2,1-3H3. The second-order valence-electron chi connectivity index (χ2n) is 5.68. The summed E-state index contributed by atoms with van der Waals surface area (Å²) in [4.78, 5) is 24.9. The number of benzene rings is 1. The number of likely N-dealkylation sites (tertiary alicyclic amines) is 1. The molecular weight excluding hydrogens is 270 g/mol. The van der Waals surface area contributed by atoms with Crippen LogP contribution in [0.2, 0.25) is 0 Å². The Labute approximate surface area is 124 Å². The van der Waals surface area contributed by atoms with Gasteiger partial charge in [0.2, 0.25) is 0 Å². The molecular formula is C15H21N3O3. The van der Waals surface area contributed by atoms with Crippen molar-refractivity contribution in [2.24, 2.45) is 11.8 Å². The molecule has 114 valence electrons. The molecule has 1 amide bonds. The van der Waals surface area contributed by atoms with Gasteiger partial charge in [0.25, 0.3) is 11.6 Å². The van der Waals surface area contributed by atoms with Crippen LogP contribution in [0, 0.1) is 22.0 Å². The number of hydrogen-bond donors (Lipinski definition) is 1. The van der Waals surface area contributed by atoms with E-state index in [1.54, 1.807) is 17.0 Å². The molecule has 6 nitrogen and oxygen atoms in total. The second kappa shape index (κ2) is 6.11. The SMILES string of the molecule is CCNc1ccc(C(=O)N2CC(C)C(C)C2)cc1[N+](=O)[O-]. The number of nitrogens with zero attached hydrogens (tertiary/aromatic N) is 2. The van der Waals surface area contributed by atoms with E-state index in [0.29, 0.717) is 42.7 Å². The van der Waals surface area contributed by atoms with Crippen molar-refractivity contribution in [2.75, 3.05) is 25.0 Å². The first-order valence-corrected chi connectivity index (χ1v) is 7.25. The molecule has 21 heavy (non-hydrogen) atoms. The third-order valence-corrected chi connectivity index (χ3v) is 4.08. The van der Waals surface area contributed by atoms with E-state index in [1.165, 1.54) is 6.07 Å². The minimum atomic E-state index is -0.454. The summed E-state index contributed by atoms with van der Waals surface area (Å²) in [5.41, 5.74) is 0.773. The Morgan fingerprint density at radius 2 is 2.00 bits per heavy atom. The van der Waals surface area contributed by atoms with Gasteiger partial charge in [0.05, 0.1) is 4.92 Å². The predicted molar refractivity (Wildman–Crippen MR) is 81.5 cm³/mol. The molecule has 0 aromatic heterocycles. The van der Waals surface area contributed by atoms with E-state index in [9.17, 15) is 14.9 Å². The van der Waals surface area contributed by atoms with E-state index in [1.807, 2.05) is 6.92 Å². The average molecular weight is 291 g/mol. The van der Waals surface area contributed by atoms with Gasteiger partial charge in [-0.05, 0) is 30.9 Å². The summed E-state index contributed by atoms with van der Waals surface area (Å²) in [6.07, 6.45) is 0. The number of nitro benzene ring substituents is 1. The molecule has 0 aliphatic carbocycles. The number of nitro groups is 1. The van der Waals surface area contributed by atoms with Gasteiger partial charge in [0, 0.05) is 31.3 Å². The predicted octanol–water partition coefficient (Wildman–Crippen LogP) is 2.75. The van der Waals surface area contributed by atoms with Gasteiger partial charge < -0.3 is 10.2 Å². The summed E-state index contributed by atoms with van der Waals surface area (Å²) < 4.78 is 0. The Morgan fingerprint density at radius 1 is 1.38 bits per heavy atom. The summed E-state index contributed by atoms with van der Waals surface area (Å²) in [6, 6.07) is 4.63. The first-order valence-electron chi connectivity index (χ1n) is 7.25. The molecule has 2 atom stereocenters. The van der Waals surface area contributed by atoms with Crippen LogP contribution in [0.4, 0.5) is 11.4 Å². The molecule has 1 aliphatic rings. The van der Waals surface area contributed by atoms with Gasteiger partial charge in [-0.2, -0.15) is 0 Å². The Kier molecular flexibility index (Phi) is 4.45. The maximum absolute atomic E-state index is 12.5. The molecule has 1 aliphatic heterocycles. The van der Waals surface area contributed by atoms with Crippen molar-refractivity contribution in [3.8, 4) is 0 Å². The van der Waals surface area contributed by atoms with Crippen molar-refractivity contribution in [3.63, 3.8) is 0 Å². The molecule has 1 N–H and O–H groups in total. The zero-order valence-corrected chi connectivity index (χ0v) is 12.6. The molecule has 2 unspecified atom stereocenters. The first kappa shape index (κ1) is 15.3. The van der Waals surface area contributed by atoms with E-state index in [-0.39, 0.29) is 11.6 Å². The zero-order valence-electron chi connectivity index (χ0n) is 12.6. The van der Waals surface area contributed by atoms with Gasteiger partial charge in [-0.25, -0.2) is 0 Å². The molecule has 1 saturated heterocycles. The van der Waals surface area contributed by atoms with E-state index in [2.05, 4.69) is 19.2 Å². The van der Waals surface area contributed by atoms with E-state index in [0.717, 1.165) is 0 Å². The summed E-state index contributed by atoms with van der Waals surface area (Å²) in [7, 11) is 0. The first-order chi connectivity index (χ1) is 9.93. The highest BCUT2D eigenvalue weighted by Crippen LogP contribution is 2.28.